The molecule has 1 unspecified atom stereocenters. The quantitative estimate of drug-likeness (QED) is 0.302. The molecule has 5 N–H and O–H groups in total. The predicted molar refractivity (Wildman–Crippen MR) is 130 cm³/mol. The monoisotopic (exact) mass is 502 g/mol. The summed E-state index contributed by atoms with van der Waals surface area (Å²) in [5.74, 6) is -0.234. The zero-order valence-electron chi connectivity index (χ0n) is 19.5. The van der Waals surface area contributed by atoms with Crippen molar-refractivity contribution in [3.8, 4) is 5.75 Å². The van der Waals surface area contributed by atoms with Crippen molar-refractivity contribution in [2.45, 2.75) is 41.7 Å². The van der Waals surface area contributed by atoms with E-state index in [1.54, 1.807) is 36.9 Å². The Balaban J connectivity index is 1.50. The van der Waals surface area contributed by atoms with Crippen molar-refractivity contribution in [3.05, 3.63) is 48.5 Å². The summed E-state index contributed by atoms with van der Waals surface area (Å²) in [4.78, 5) is 25.1. The maximum Gasteiger partial charge on any atom is 0.323 e. The molecule has 1 saturated heterocycles. The number of piperidine rings is 1. The number of rotatable bonds is 6. The second-order valence-corrected chi connectivity index (χ2v) is 11.5. The lowest BCUT2D eigenvalue weighted by atomic mass is 9.77. The fourth-order valence-corrected chi connectivity index (χ4v) is 7.29. The van der Waals surface area contributed by atoms with Gasteiger partial charge in [-0.1, -0.05) is 0 Å². The van der Waals surface area contributed by atoms with Gasteiger partial charge in [-0.3, -0.25) is 10.0 Å². The number of hydrogen-bond acceptors (Lipinski definition) is 7. The van der Waals surface area contributed by atoms with Gasteiger partial charge in [0.1, 0.15) is 5.75 Å². The third-order valence-electron chi connectivity index (χ3n) is 7.18. The predicted octanol–water partition coefficient (Wildman–Crippen LogP) is 2.91. The summed E-state index contributed by atoms with van der Waals surface area (Å²) in [6, 6.07) is 12.0. The molecule has 1 saturated carbocycles. The zero-order chi connectivity index (χ0) is 25.1. The average molecular weight is 503 g/mol. The first-order valence-electron chi connectivity index (χ1n) is 11.5. The standard InChI is InChI=1S/C24H30N4O6S/c1-34-19-6-2-17(3-7-19)26-22(30)27-18-4-8-20(9-5-18)35(32,33)24(21(29)28-31)11-10-23(16-24)12-14-25-15-13-23/h2-9,25,31H,10-16H2,1H3,(H,28,29)(H2,26,27,30). The molecular formula is C24H30N4O6S. The zero-order valence-corrected chi connectivity index (χ0v) is 20.3. The Morgan fingerprint density at radius 2 is 1.49 bits per heavy atom. The minimum absolute atomic E-state index is 0.0341. The molecule has 10 nitrogen and oxygen atoms in total. The summed E-state index contributed by atoms with van der Waals surface area (Å²) in [5.41, 5.74) is 2.31. The normalized spacial score (nSPS) is 21.3. The van der Waals surface area contributed by atoms with Crippen LogP contribution in [0.1, 0.15) is 32.1 Å². The molecule has 0 radical (unpaired) electrons. The Hall–Kier alpha value is -3.15. The van der Waals surface area contributed by atoms with Gasteiger partial charge in [0, 0.05) is 11.4 Å². The van der Waals surface area contributed by atoms with Crippen LogP contribution >= 0.6 is 0 Å². The molecule has 1 aliphatic heterocycles. The maximum atomic E-state index is 13.7. The minimum atomic E-state index is -4.12. The number of carbonyl (C=O) groups excluding carboxylic acids is 2. The van der Waals surface area contributed by atoms with Crippen LogP contribution in [0.5, 0.6) is 5.75 Å². The third kappa shape index (κ3) is 4.84. The van der Waals surface area contributed by atoms with Gasteiger partial charge in [0.15, 0.2) is 14.6 Å². The number of benzene rings is 2. The lowest BCUT2D eigenvalue weighted by Gasteiger charge is -2.36. The van der Waals surface area contributed by atoms with Crippen LogP contribution in [0, 0.1) is 5.41 Å². The highest BCUT2D eigenvalue weighted by atomic mass is 32.2. The second-order valence-electron chi connectivity index (χ2n) is 9.20. The number of ether oxygens (including phenoxy) is 1. The first-order chi connectivity index (χ1) is 16.7. The topological polar surface area (TPSA) is 146 Å². The summed E-state index contributed by atoms with van der Waals surface area (Å²) in [5, 5.41) is 18.0. The van der Waals surface area contributed by atoms with E-state index in [0.29, 0.717) is 23.5 Å². The highest BCUT2D eigenvalue weighted by molar-refractivity contribution is 7.93. The molecule has 0 aromatic heterocycles. The smallest absolute Gasteiger partial charge is 0.323 e. The Morgan fingerprint density at radius 3 is 2.03 bits per heavy atom. The minimum Gasteiger partial charge on any atom is -0.497 e. The number of hydrogen-bond donors (Lipinski definition) is 5. The van der Waals surface area contributed by atoms with Gasteiger partial charge in [-0.15, -0.1) is 0 Å². The van der Waals surface area contributed by atoms with Crippen molar-refractivity contribution in [1.29, 1.82) is 0 Å². The summed E-state index contributed by atoms with van der Waals surface area (Å²) < 4.78 is 30.8. The van der Waals surface area contributed by atoms with Crippen LogP contribution < -0.4 is 26.2 Å². The van der Waals surface area contributed by atoms with Crippen LogP contribution in [-0.4, -0.2) is 50.5 Å². The van der Waals surface area contributed by atoms with Gasteiger partial charge in [-0.05, 0) is 99.1 Å². The molecule has 3 amide bonds. The number of nitrogens with one attached hydrogen (secondary N) is 4. The molecule has 11 heteroatoms. The molecule has 2 aliphatic rings. The molecule has 4 rings (SSSR count). The van der Waals surface area contributed by atoms with E-state index in [4.69, 9.17) is 4.74 Å². The van der Waals surface area contributed by atoms with Crippen LogP contribution in [0.25, 0.3) is 0 Å². The molecule has 1 spiro atoms. The number of carbonyl (C=O) groups is 2. The van der Waals surface area contributed by atoms with E-state index in [-0.39, 0.29) is 23.2 Å². The molecule has 35 heavy (non-hydrogen) atoms. The molecule has 2 aromatic rings. The van der Waals surface area contributed by atoms with Crippen LogP contribution in [0.2, 0.25) is 0 Å². The molecule has 0 bridgehead atoms. The van der Waals surface area contributed by atoms with Crippen molar-refractivity contribution >= 4 is 33.2 Å². The Kier molecular flexibility index (Phi) is 7.02. The van der Waals surface area contributed by atoms with E-state index in [1.165, 1.54) is 24.3 Å². The van der Waals surface area contributed by atoms with E-state index in [0.717, 1.165) is 25.9 Å². The second kappa shape index (κ2) is 9.84. The lowest BCUT2D eigenvalue weighted by molar-refractivity contribution is -0.132. The van der Waals surface area contributed by atoms with E-state index in [1.807, 2.05) is 0 Å². The molecule has 1 aliphatic carbocycles. The number of amides is 3. The highest BCUT2D eigenvalue weighted by Crippen LogP contribution is 2.54. The van der Waals surface area contributed by atoms with Gasteiger partial charge in [-0.25, -0.2) is 18.7 Å². The first kappa shape index (κ1) is 25.0. The van der Waals surface area contributed by atoms with Gasteiger partial charge in [0.25, 0.3) is 5.91 Å². The number of sulfone groups is 1. The molecule has 1 heterocycles. The third-order valence-corrected chi connectivity index (χ3v) is 9.64. The van der Waals surface area contributed by atoms with Crippen molar-refractivity contribution in [2.24, 2.45) is 5.41 Å². The lowest BCUT2D eigenvalue weighted by Crippen LogP contribution is -2.51. The summed E-state index contributed by atoms with van der Waals surface area (Å²) >= 11 is 0. The van der Waals surface area contributed by atoms with Crippen LogP contribution in [-0.2, 0) is 14.6 Å². The molecule has 2 aromatic carbocycles. The number of anilines is 2. The summed E-state index contributed by atoms with van der Waals surface area (Å²) in [6.07, 6.45) is 2.49. The fourth-order valence-electron chi connectivity index (χ4n) is 5.19. The molecule has 188 valence electrons. The van der Waals surface area contributed by atoms with Gasteiger partial charge in [0.2, 0.25) is 0 Å². The van der Waals surface area contributed by atoms with Crippen molar-refractivity contribution < 1.29 is 28.0 Å². The van der Waals surface area contributed by atoms with Gasteiger partial charge < -0.3 is 20.7 Å². The van der Waals surface area contributed by atoms with Crippen molar-refractivity contribution in [3.63, 3.8) is 0 Å². The first-order valence-corrected chi connectivity index (χ1v) is 12.9. The van der Waals surface area contributed by atoms with Crippen molar-refractivity contribution in [2.75, 3.05) is 30.8 Å². The molecular weight excluding hydrogens is 472 g/mol. The summed E-state index contributed by atoms with van der Waals surface area (Å²) in [7, 11) is -2.57. The van der Waals surface area contributed by atoms with Crippen LogP contribution in [0.4, 0.5) is 16.2 Å². The Labute approximate surface area is 204 Å². The van der Waals surface area contributed by atoms with E-state index in [2.05, 4.69) is 16.0 Å². The van der Waals surface area contributed by atoms with Crippen molar-refractivity contribution in [1.82, 2.24) is 10.8 Å². The maximum absolute atomic E-state index is 13.7. The number of urea groups is 1. The highest BCUT2D eigenvalue weighted by Gasteiger charge is 2.60. The van der Waals surface area contributed by atoms with Gasteiger partial charge >= 0.3 is 6.03 Å². The number of hydroxylamine groups is 1. The van der Waals surface area contributed by atoms with E-state index < -0.39 is 26.5 Å². The number of methoxy groups -OCH3 is 1. The largest absolute Gasteiger partial charge is 0.497 e. The van der Waals surface area contributed by atoms with Gasteiger partial charge in [0.05, 0.1) is 12.0 Å². The fraction of sp³-hybridized carbons (Fsp3) is 0.417. The average Bonchev–Trinajstić information content (AvgIpc) is 3.25. The molecule has 1 atom stereocenters. The molecule has 2 fully saturated rings. The SMILES string of the molecule is COc1ccc(NC(=O)Nc2ccc(S(=O)(=O)C3(C(=O)NO)CCC4(CCNCC4)C3)cc2)cc1. The van der Waals surface area contributed by atoms with Crippen LogP contribution in [0.3, 0.4) is 0 Å². The Bertz CT molecular complexity index is 1180. The van der Waals surface area contributed by atoms with E-state index >= 15 is 0 Å². The Morgan fingerprint density at radius 1 is 0.914 bits per heavy atom. The van der Waals surface area contributed by atoms with E-state index in [9.17, 15) is 23.2 Å². The summed E-state index contributed by atoms with van der Waals surface area (Å²) in [6.45, 7) is 1.55. The van der Waals surface area contributed by atoms with Crippen LogP contribution in [0.15, 0.2) is 53.4 Å². The van der Waals surface area contributed by atoms with Gasteiger partial charge in [-0.2, -0.15) is 0 Å².